The molecule has 342 valence electrons. The minimum Gasteiger partial charge on any atom is -0.466 e. The third-order valence-electron chi connectivity index (χ3n) is 11.7. The van der Waals surface area contributed by atoms with Gasteiger partial charge in [-0.05, 0) is 57.8 Å². The fourth-order valence-electron chi connectivity index (χ4n) is 7.74. The van der Waals surface area contributed by atoms with Crippen LogP contribution < -0.4 is 5.32 Å². The molecule has 0 aliphatic rings. The van der Waals surface area contributed by atoms with Gasteiger partial charge in [-0.15, -0.1) is 0 Å². The first-order chi connectivity index (χ1) is 28.5. The van der Waals surface area contributed by atoms with Crippen molar-refractivity contribution in [1.82, 2.24) is 5.32 Å². The van der Waals surface area contributed by atoms with Crippen molar-refractivity contribution in [3.8, 4) is 0 Å². The van der Waals surface area contributed by atoms with E-state index >= 15 is 0 Å². The maximum atomic E-state index is 12.4. The Kier molecular flexibility index (Phi) is 46.6. The van der Waals surface area contributed by atoms with Crippen LogP contribution in [-0.2, 0) is 14.3 Å². The highest BCUT2D eigenvalue weighted by Gasteiger charge is 2.18. The molecule has 0 aromatic heterocycles. The van der Waals surface area contributed by atoms with Crippen molar-refractivity contribution < 1.29 is 24.5 Å². The van der Waals surface area contributed by atoms with Crippen LogP contribution in [0.15, 0.2) is 24.3 Å². The van der Waals surface area contributed by atoms with Crippen LogP contribution in [0.4, 0.5) is 0 Å². The van der Waals surface area contributed by atoms with Crippen molar-refractivity contribution in [2.45, 2.75) is 283 Å². The molecule has 0 aliphatic carbocycles. The minimum atomic E-state index is -0.859. The summed E-state index contributed by atoms with van der Waals surface area (Å²) in [5.41, 5.74) is 0. The molecule has 58 heavy (non-hydrogen) atoms. The SMILES string of the molecule is CCCCCCCCCC/C=C/C(O)C(CO)NC(=O)CCCCC/C=C\CCCCCCCCOC(=O)CCCCCCCCCCCCCCCCCCCC. The number of allylic oxidation sites excluding steroid dienone is 3. The van der Waals surface area contributed by atoms with Crippen LogP contribution >= 0.6 is 0 Å². The molecule has 0 aliphatic heterocycles. The Bertz CT molecular complexity index is 904. The van der Waals surface area contributed by atoms with Gasteiger partial charge in [-0.3, -0.25) is 9.59 Å². The predicted octanol–water partition coefficient (Wildman–Crippen LogP) is 15.1. The van der Waals surface area contributed by atoms with Gasteiger partial charge in [0.25, 0.3) is 0 Å². The lowest BCUT2D eigenvalue weighted by molar-refractivity contribution is -0.143. The van der Waals surface area contributed by atoms with Gasteiger partial charge in [-0.25, -0.2) is 0 Å². The Morgan fingerprint density at radius 3 is 1.24 bits per heavy atom. The fourth-order valence-corrected chi connectivity index (χ4v) is 7.74. The number of aliphatic hydroxyl groups is 2. The number of unbranched alkanes of at least 4 members (excludes halogenated alkanes) is 34. The standard InChI is InChI=1S/C52H99NO5/c1-3-5-7-9-11-13-15-16-17-18-19-20-23-26-30-34-38-42-46-52(57)58-47-43-39-35-31-27-24-21-22-25-29-33-37-41-45-51(56)53-49(48-54)50(55)44-40-36-32-28-14-12-10-8-6-4-2/h22,25,40,44,49-50,54-55H,3-21,23-24,26-39,41-43,45-48H2,1-2H3,(H,53,56)/b25-22-,44-40+. The summed E-state index contributed by atoms with van der Waals surface area (Å²) in [5, 5.41) is 22.9. The van der Waals surface area contributed by atoms with E-state index in [-0.39, 0.29) is 18.5 Å². The topological polar surface area (TPSA) is 95.9 Å². The molecule has 6 nitrogen and oxygen atoms in total. The van der Waals surface area contributed by atoms with E-state index < -0.39 is 12.1 Å². The van der Waals surface area contributed by atoms with E-state index in [2.05, 4.69) is 31.3 Å². The van der Waals surface area contributed by atoms with Gasteiger partial charge in [0, 0.05) is 12.8 Å². The minimum absolute atomic E-state index is 0.0104. The highest BCUT2D eigenvalue weighted by atomic mass is 16.5. The number of nitrogens with one attached hydrogen (secondary N) is 1. The molecule has 0 heterocycles. The molecule has 6 heteroatoms. The quantitative estimate of drug-likeness (QED) is 0.0323. The van der Waals surface area contributed by atoms with E-state index in [1.807, 2.05) is 6.08 Å². The lowest BCUT2D eigenvalue weighted by Gasteiger charge is -2.19. The Morgan fingerprint density at radius 2 is 0.810 bits per heavy atom. The normalized spacial score (nSPS) is 12.8. The first kappa shape index (κ1) is 56.3. The van der Waals surface area contributed by atoms with Gasteiger partial charge in [0.1, 0.15) is 0 Å². The van der Waals surface area contributed by atoms with Gasteiger partial charge in [-0.1, -0.05) is 224 Å². The van der Waals surface area contributed by atoms with Gasteiger partial charge in [-0.2, -0.15) is 0 Å². The van der Waals surface area contributed by atoms with Crippen molar-refractivity contribution >= 4 is 11.9 Å². The summed E-state index contributed by atoms with van der Waals surface area (Å²) in [6.07, 6.45) is 56.1. The van der Waals surface area contributed by atoms with Gasteiger partial charge < -0.3 is 20.3 Å². The highest BCUT2D eigenvalue weighted by molar-refractivity contribution is 5.76. The van der Waals surface area contributed by atoms with Crippen LogP contribution in [-0.4, -0.2) is 47.4 Å². The number of amides is 1. The number of carbonyl (C=O) groups excluding carboxylic acids is 2. The lowest BCUT2D eigenvalue weighted by Crippen LogP contribution is -2.45. The average molecular weight is 818 g/mol. The number of hydrogen-bond donors (Lipinski definition) is 3. The fraction of sp³-hybridized carbons (Fsp3) is 0.885. The van der Waals surface area contributed by atoms with Gasteiger partial charge in [0.05, 0.1) is 25.4 Å². The van der Waals surface area contributed by atoms with Crippen molar-refractivity contribution in [3.63, 3.8) is 0 Å². The van der Waals surface area contributed by atoms with Crippen molar-refractivity contribution in [1.29, 1.82) is 0 Å². The van der Waals surface area contributed by atoms with E-state index in [1.165, 1.54) is 173 Å². The number of hydrogen-bond acceptors (Lipinski definition) is 5. The molecule has 0 saturated heterocycles. The Labute approximate surface area is 361 Å². The molecule has 3 N–H and O–H groups in total. The molecular formula is C52H99NO5. The molecular weight excluding hydrogens is 719 g/mol. The summed E-state index contributed by atoms with van der Waals surface area (Å²) in [4.78, 5) is 24.4. The largest absolute Gasteiger partial charge is 0.466 e. The molecule has 0 rings (SSSR count). The molecule has 2 atom stereocenters. The maximum absolute atomic E-state index is 12.4. The summed E-state index contributed by atoms with van der Waals surface area (Å²) in [7, 11) is 0. The Balaban J connectivity index is 3.47. The second-order valence-electron chi connectivity index (χ2n) is 17.5. The van der Waals surface area contributed by atoms with E-state index in [4.69, 9.17) is 4.74 Å². The highest BCUT2D eigenvalue weighted by Crippen LogP contribution is 2.16. The number of esters is 1. The molecule has 0 bridgehead atoms. The maximum Gasteiger partial charge on any atom is 0.305 e. The number of rotatable bonds is 47. The molecule has 2 unspecified atom stereocenters. The van der Waals surface area contributed by atoms with Crippen LogP contribution in [0.5, 0.6) is 0 Å². The molecule has 0 saturated carbocycles. The van der Waals surface area contributed by atoms with Gasteiger partial charge in [0.2, 0.25) is 5.91 Å². The van der Waals surface area contributed by atoms with Crippen molar-refractivity contribution in [3.05, 3.63) is 24.3 Å². The summed E-state index contributed by atoms with van der Waals surface area (Å²) >= 11 is 0. The number of carbonyl (C=O) groups is 2. The van der Waals surface area contributed by atoms with Gasteiger partial charge >= 0.3 is 5.97 Å². The van der Waals surface area contributed by atoms with E-state index in [0.29, 0.717) is 19.4 Å². The smallest absolute Gasteiger partial charge is 0.305 e. The molecule has 0 aromatic carbocycles. The zero-order valence-electron chi connectivity index (χ0n) is 38.8. The number of ether oxygens (including phenoxy) is 1. The number of aliphatic hydroxyl groups excluding tert-OH is 2. The van der Waals surface area contributed by atoms with Crippen LogP contribution in [0.25, 0.3) is 0 Å². The van der Waals surface area contributed by atoms with E-state index in [1.54, 1.807) is 6.08 Å². The van der Waals surface area contributed by atoms with Crippen LogP contribution in [0, 0.1) is 0 Å². The first-order valence-electron chi connectivity index (χ1n) is 25.6. The van der Waals surface area contributed by atoms with E-state index in [0.717, 1.165) is 70.6 Å². The van der Waals surface area contributed by atoms with Crippen LogP contribution in [0.2, 0.25) is 0 Å². The van der Waals surface area contributed by atoms with Crippen LogP contribution in [0.1, 0.15) is 271 Å². The second-order valence-corrected chi connectivity index (χ2v) is 17.5. The summed E-state index contributed by atoms with van der Waals surface area (Å²) in [6.45, 7) is 4.84. The van der Waals surface area contributed by atoms with E-state index in [9.17, 15) is 19.8 Å². The Morgan fingerprint density at radius 1 is 0.466 bits per heavy atom. The predicted molar refractivity (Wildman–Crippen MR) is 250 cm³/mol. The molecule has 1 amide bonds. The third kappa shape index (κ3) is 43.9. The van der Waals surface area contributed by atoms with Crippen molar-refractivity contribution in [2.24, 2.45) is 0 Å². The van der Waals surface area contributed by atoms with Crippen LogP contribution in [0.3, 0.4) is 0 Å². The molecule has 0 radical (unpaired) electrons. The van der Waals surface area contributed by atoms with Crippen molar-refractivity contribution in [2.75, 3.05) is 13.2 Å². The summed E-state index contributed by atoms with van der Waals surface area (Å²) in [5.74, 6) is -0.110. The first-order valence-corrected chi connectivity index (χ1v) is 25.6. The zero-order valence-corrected chi connectivity index (χ0v) is 38.8. The summed E-state index contributed by atoms with van der Waals surface area (Å²) < 4.78 is 5.47. The van der Waals surface area contributed by atoms with Gasteiger partial charge in [0.15, 0.2) is 0 Å². The lowest BCUT2D eigenvalue weighted by atomic mass is 10.0. The second kappa shape index (κ2) is 48.0. The molecule has 0 fully saturated rings. The Hall–Kier alpha value is -1.66. The summed E-state index contributed by atoms with van der Waals surface area (Å²) in [6, 6.07) is -0.645. The third-order valence-corrected chi connectivity index (χ3v) is 11.7. The zero-order chi connectivity index (χ0) is 42.3. The molecule has 0 spiro atoms. The average Bonchev–Trinajstić information content (AvgIpc) is 3.22. The molecule has 0 aromatic rings. The monoisotopic (exact) mass is 818 g/mol.